The van der Waals surface area contributed by atoms with E-state index < -0.39 is 10.0 Å². The van der Waals surface area contributed by atoms with Crippen LogP contribution in [0.1, 0.15) is 17.7 Å². The second-order valence-electron chi connectivity index (χ2n) is 5.45. The number of hydrogen-bond donors (Lipinski definition) is 1. The lowest BCUT2D eigenvalue weighted by atomic mass is 10.2. The van der Waals surface area contributed by atoms with Crippen LogP contribution in [0.4, 0.5) is 0 Å². The van der Waals surface area contributed by atoms with Crippen molar-refractivity contribution in [3.05, 3.63) is 47.2 Å². The van der Waals surface area contributed by atoms with Gasteiger partial charge in [0.1, 0.15) is 9.96 Å². The average Bonchev–Trinajstić information content (AvgIpc) is 3.31. The summed E-state index contributed by atoms with van der Waals surface area (Å²) in [6.07, 6.45) is 1.13. The molecule has 0 saturated carbocycles. The minimum Gasteiger partial charge on any atom is -0.497 e. The summed E-state index contributed by atoms with van der Waals surface area (Å²) in [5, 5.41) is 7.96. The summed E-state index contributed by atoms with van der Waals surface area (Å²) in [4.78, 5) is 1.03. The fraction of sp³-hybridized carbons (Fsp3) is 0.294. The molecule has 0 aliphatic carbocycles. The number of sulfonamides is 1. The standard InChI is InChI=1S/C17H19N3O4S2/c1-3-14-8-9-16(25-14)26(21,22)18-11-10-15-19-20-17(24-15)12-4-6-13(23-2)7-5-12/h4-9,18H,3,10-11H2,1-2H3. The first kappa shape index (κ1) is 18.6. The summed E-state index contributed by atoms with van der Waals surface area (Å²) in [7, 11) is -1.91. The highest BCUT2D eigenvalue weighted by atomic mass is 32.2. The molecule has 0 atom stereocenters. The molecular formula is C17H19N3O4S2. The molecule has 3 aromatic rings. The van der Waals surface area contributed by atoms with Crippen molar-refractivity contribution in [3.8, 4) is 17.2 Å². The lowest BCUT2D eigenvalue weighted by Gasteiger charge is -2.02. The van der Waals surface area contributed by atoms with Crippen LogP contribution < -0.4 is 9.46 Å². The lowest BCUT2D eigenvalue weighted by molar-refractivity contribution is 0.415. The molecule has 0 saturated heterocycles. The summed E-state index contributed by atoms with van der Waals surface area (Å²) >= 11 is 1.28. The number of aryl methyl sites for hydroxylation is 1. The Hall–Kier alpha value is -2.23. The van der Waals surface area contributed by atoms with Gasteiger partial charge >= 0.3 is 0 Å². The molecule has 7 nitrogen and oxygen atoms in total. The number of ether oxygens (including phenoxy) is 1. The zero-order chi connectivity index (χ0) is 18.6. The molecule has 1 N–H and O–H groups in total. The number of nitrogens with one attached hydrogen (secondary N) is 1. The maximum atomic E-state index is 12.3. The van der Waals surface area contributed by atoms with Crippen LogP contribution in [-0.4, -0.2) is 32.3 Å². The molecule has 0 fully saturated rings. The third kappa shape index (κ3) is 4.29. The predicted octanol–water partition coefficient (Wildman–Crippen LogP) is 2.89. The summed E-state index contributed by atoms with van der Waals surface area (Å²) in [5.74, 6) is 1.50. The number of aromatic nitrogens is 2. The van der Waals surface area contributed by atoms with E-state index in [2.05, 4.69) is 14.9 Å². The molecule has 9 heteroatoms. The van der Waals surface area contributed by atoms with Crippen LogP contribution in [0.15, 0.2) is 45.0 Å². The molecule has 0 aliphatic rings. The molecule has 138 valence electrons. The van der Waals surface area contributed by atoms with Crippen LogP contribution in [0.25, 0.3) is 11.5 Å². The normalized spacial score (nSPS) is 11.6. The number of methoxy groups -OCH3 is 1. The smallest absolute Gasteiger partial charge is 0.250 e. The number of hydrogen-bond acceptors (Lipinski definition) is 7. The summed E-state index contributed by atoms with van der Waals surface area (Å²) < 4.78 is 38.1. The molecule has 2 aromatic heterocycles. The van der Waals surface area contributed by atoms with Gasteiger partial charge in [0.25, 0.3) is 0 Å². The van der Waals surface area contributed by atoms with Crippen LogP contribution in [0.3, 0.4) is 0 Å². The van der Waals surface area contributed by atoms with Gasteiger partial charge in [0, 0.05) is 23.4 Å². The molecule has 0 amide bonds. The molecule has 3 rings (SSSR count). The summed E-state index contributed by atoms with van der Waals surface area (Å²) in [6.45, 7) is 2.18. The lowest BCUT2D eigenvalue weighted by Crippen LogP contribution is -2.25. The Balaban J connectivity index is 1.59. The maximum absolute atomic E-state index is 12.3. The van der Waals surface area contributed by atoms with E-state index in [9.17, 15) is 8.42 Å². The van der Waals surface area contributed by atoms with E-state index in [0.29, 0.717) is 22.4 Å². The zero-order valence-corrected chi connectivity index (χ0v) is 16.1. The molecule has 26 heavy (non-hydrogen) atoms. The molecule has 0 unspecified atom stereocenters. The number of benzene rings is 1. The van der Waals surface area contributed by atoms with E-state index in [1.165, 1.54) is 11.3 Å². The molecule has 0 spiro atoms. The highest BCUT2D eigenvalue weighted by Crippen LogP contribution is 2.22. The van der Waals surface area contributed by atoms with Crippen molar-refractivity contribution in [1.82, 2.24) is 14.9 Å². The van der Waals surface area contributed by atoms with Crippen LogP contribution >= 0.6 is 11.3 Å². The Labute approximate surface area is 156 Å². The monoisotopic (exact) mass is 393 g/mol. The average molecular weight is 393 g/mol. The van der Waals surface area contributed by atoms with Crippen LogP contribution in [-0.2, 0) is 22.9 Å². The van der Waals surface area contributed by atoms with Crippen molar-refractivity contribution >= 4 is 21.4 Å². The zero-order valence-electron chi connectivity index (χ0n) is 14.4. The number of thiophene rings is 1. The molecule has 2 heterocycles. The van der Waals surface area contributed by atoms with Gasteiger partial charge in [-0.15, -0.1) is 21.5 Å². The Kier molecular flexibility index (Phi) is 5.70. The van der Waals surface area contributed by atoms with E-state index in [0.717, 1.165) is 22.6 Å². The quantitative estimate of drug-likeness (QED) is 0.632. The molecular weight excluding hydrogens is 374 g/mol. The van der Waals surface area contributed by atoms with E-state index in [1.54, 1.807) is 25.3 Å². The second-order valence-corrected chi connectivity index (χ2v) is 8.61. The third-order valence-electron chi connectivity index (χ3n) is 3.69. The van der Waals surface area contributed by atoms with E-state index in [1.807, 2.05) is 25.1 Å². The highest BCUT2D eigenvalue weighted by Gasteiger charge is 2.17. The first-order valence-corrected chi connectivity index (χ1v) is 10.4. The topological polar surface area (TPSA) is 94.3 Å². The number of rotatable bonds is 8. The Bertz CT molecular complexity index is 962. The molecule has 0 bridgehead atoms. The van der Waals surface area contributed by atoms with Gasteiger partial charge in [-0.2, -0.15) is 0 Å². The third-order valence-corrected chi connectivity index (χ3v) is 6.87. The van der Waals surface area contributed by atoms with Crippen molar-refractivity contribution in [2.24, 2.45) is 0 Å². The second kappa shape index (κ2) is 7.98. The SMILES string of the molecule is CCc1ccc(S(=O)(=O)NCCc2nnc(-c3ccc(OC)cc3)o2)s1. The van der Waals surface area contributed by atoms with Crippen molar-refractivity contribution in [1.29, 1.82) is 0 Å². The summed E-state index contributed by atoms with van der Waals surface area (Å²) in [5.41, 5.74) is 0.774. The Morgan fingerprint density at radius 3 is 2.58 bits per heavy atom. The first-order valence-electron chi connectivity index (χ1n) is 8.07. The van der Waals surface area contributed by atoms with E-state index >= 15 is 0 Å². The minimum absolute atomic E-state index is 0.186. The van der Waals surface area contributed by atoms with Gasteiger partial charge < -0.3 is 9.15 Å². The Morgan fingerprint density at radius 2 is 1.92 bits per heavy atom. The molecule has 0 radical (unpaired) electrons. The van der Waals surface area contributed by atoms with E-state index in [-0.39, 0.29) is 6.54 Å². The van der Waals surface area contributed by atoms with E-state index in [4.69, 9.17) is 9.15 Å². The highest BCUT2D eigenvalue weighted by molar-refractivity contribution is 7.91. The molecule has 0 aliphatic heterocycles. The molecule has 1 aromatic carbocycles. The van der Waals surface area contributed by atoms with Gasteiger partial charge in [-0.05, 0) is 42.8 Å². The largest absolute Gasteiger partial charge is 0.497 e. The van der Waals surface area contributed by atoms with Crippen LogP contribution in [0.2, 0.25) is 0 Å². The van der Waals surface area contributed by atoms with Crippen LogP contribution in [0.5, 0.6) is 5.75 Å². The summed E-state index contributed by atoms with van der Waals surface area (Å²) in [6, 6.07) is 10.7. The predicted molar refractivity (Wildman–Crippen MR) is 98.9 cm³/mol. The van der Waals surface area contributed by atoms with Gasteiger partial charge in [-0.25, -0.2) is 13.1 Å². The fourth-order valence-electron chi connectivity index (χ4n) is 2.26. The van der Waals surface area contributed by atoms with Crippen molar-refractivity contribution in [3.63, 3.8) is 0 Å². The van der Waals surface area contributed by atoms with Crippen molar-refractivity contribution in [2.75, 3.05) is 13.7 Å². The first-order chi connectivity index (χ1) is 12.5. The maximum Gasteiger partial charge on any atom is 0.250 e. The minimum atomic E-state index is -3.51. The van der Waals surface area contributed by atoms with Crippen molar-refractivity contribution in [2.45, 2.75) is 24.0 Å². The fourth-order valence-corrected chi connectivity index (χ4v) is 4.63. The van der Waals surface area contributed by atoms with Gasteiger partial charge in [0.2, 0.25) is 21.8 Å². The number of nitrogens with zero attached hydrogens (tertiary/aromatic N) is 2. The van der Waals surface area contributed by atoms with Gasteiger partial charge in [0.15, 0.2) is 0 Å². The van der Waals surface area contributed by atoms with Gasteiger partial charge in [-0.3, -0.25) is 0 Å². The van der Waals surface area contributed by atoms with Crippen LogP contribution in [0, 0.1) is 0 Å². The van der Waals surface area contributed by atoms with Crippen molar-refractivity contribution < 1.29 is 17.6 Å². The van der Waals surface area contributed by atoms with Gasteiger partial charge in [0.05, 0.1) is 7.11 Å². The van der Waals surface area contributed by atoms with Gasteiger partial charge in [-0.1, -0.05) is 6.92 Å². The Morgan fingerprint density at radius 1 is 1.15 bits per heavy atom.